The van der Waals surface area contributed by atoms with Crippen molar-refractivity contribution in [1.82, 2.24) is 9.80 Å². The van der Waals surface area contributed by atoms with Crippen molar-refractivity contribution in [2.45, 2.75) is 31.1 Å². The van der Waals surface area contributed by atoms with Crippen LogP contribution in [-0.2, 0) is 9.53 Å². The summed E-state index contributed by atoms with van der Waals surface area (Å²) >= 11 is 0. The molecular weight excluding hydrogens is 299 g/mol. The molecule has 1 saturated carbocycles. The van der Waals surface area contributed by atoms with Crippen LogP contribution in [0.4, 0.5) is 4.39 Å². The van der Waals surface area contributed by atoms with Gasteiger partial charge >= 0.3 is 0 Å². The molecule has 1 aromatic rings. The highest BCUT2D eigenvalue weighted by Crippen LogP contribution is 2.30. The first-order chi connectivity index (χ1) is 11.0. The van der Waals surface area contributed by atoms with E-state index in [1.54, 1.807) is 17.0 Å². The molecule has 1 aliphatic carbocycles. The Morgan fingerprint density at radius 1 is 1.43 bits per heavy atom. The number of hydrogen-bond acceptors (Lipinski definition) is 4. The Kier molecular flexibility index (Phi) is 4.94. The van der Waals surface area contributed by atoms with Crippen LogP contribution in [-0.4, -0.2) is 66.2 Å². The van der Waals surface area contributed by atoms with Gasteiger partial charge in [0, 0.05) is 19.1 Å². The molecular formula is C17H23FN2O3. The van der Waals surface area contributed by atoms with Gasteiger partial charge in [0.15, 0.2) is 0 Å². The van der Waals surface area contributed by atoms with Gasteiger partial charge in [-0.2, -0.15) is 0 Å². The Labute approximate surface area is 135 Å². The number of hydrogen-bond donors (Lipinski definition) is 1. The van der Waals surface area contributed by atoms with Crippen molar-refractivity contribution in [2.75, 3.05) is 33.3 Å². The molecule has 2 aliphatic rings. The summed E-state index contributed by atoms with van der Waals surface area (Å²) in [5, 5.41) is 10.4. The van der Waals surface area contributed by atoms with Crippen molar-refractivity contribution < 1.29 is 19.0 Å². The lowest BCUT2D eigenvalue weighted by atomic mass is 10.1. The van der Waals surface area contributed by atoms with E-state index in [2.05, 4.69) is 4.90 Å². The highest BCUT2D eigenvalue weighted by molar-refractivity contribution is 5.82. The molecule has 1 heterocycles. The Morgan fingerprint density at radius 2 is 2.13 bits per heavy atom. The van der Waals surface area contributed by atoms with E-state index >= 15 is 0 Å². The molecule has 2 atom stereocenters. The summed E-state index contributed by atoms with van der Waals surface area (Å²) in [5.41, 5.74) is 0.617. The van der Waals surface area contributed by atoms with Gasteiger partial charge in [0.05, 0.1) is 19.3 Å². The van der Waals surface area contributed by atoms with Crippen LogP contribution in [0.3, 0.4) is 0 Å². The number of aliphatic hydroxyl groups is 1. The number of nitrogens with zero attached hydrogens (tertiary/aromatic N) is 2. The van der Waals surface area contributed by atoms with Crippen LogP contribution in [0.5, 0.6) is 0 Å². The third-order valence-corrected chi connectivity index (χ3v) is 4.44. The molecule has 3 rings (SSSR count). The van der Waals surface area contributed by atoms with Gasteiger partial charge in [-0.3, -0.25) is 4.79 Å². The fourth-order valence-electron chi connectivity index (χ4n) is 2.89. The van der Waals surface area contributed by atoms with Crippen LogP contribution in [0.15, 0.2) is 24.3 Å². The van der Waals surface area contributed by atoms with Gasteiger partial charge in [0.2, 0.25) is 0 Å². The number of aliphatic hydroxyl groups excluding tert-OH is 1. The van der Waals surface area contributed by atoms with Crippen molar-refractivity contribution in [3.63, 3.8) is 0 Å². The zero-order valence-corrected chi connectivity index (χ0v) is 13.3. The van der Waals surface area contributed by atoms with Crippen LogP contribution < -0.4 is 0 Å². The predicted octanol–water partition coefficient (Wildman–Crippen LogP) is 1.18. The number of amides is 1. The molecule has 6 heteroatoms. The number of rotatable bonds is 5. The van der Waals surface area contributed by atoms with Crippen LogP contribution in [0, 0.1) is 5.82 Å². The van der Waals surface area contributed by atoms with Crippen LogP contribution in [0.2, 0.25) is 0 Å². The van der Waals surface area contributed by atoms with Crippen molar-refractivity contribution >= 4 is 5.91 Å². The van der Waals surface area contributed by atoms with E-state index in [0.29, 0.717) is 18.7 Å². The topological polar surface area (TPSA) is 53.0 Å². The maximum absolute atomic E-state index is 13.0. The normalized spacial score (nSPS) is 23.5. The summed E-state index contributed by atoms with van der Waals surface area (Å²) in [6, 6.07) is 5.94. The lowest BCUT2D eigenvalue weighted by molar-refractivity contribution is -0.150. The van der Waals surface area contributed by atoms with Crippen molar-refractivity contribution in [2.24, 2.45) is 0 Å². The molecule has 2 unspecified atom stereocenters. The maximum Gasteiger partial charge on any atom is 0.253 e. The van der Waals surface area contributed by atoms with E-state index in [-0.39, 0.29) is 24.3 Å². The molecule has 2 fully saturated rings. The molecule has 0 radical (unpaired) electrons. The number of morpholine rings is 1. The maximum atomic E-state index is 13.0. The molecule has 0 bridgehead atoms. The molecule has 23 heavy (non-hydrogen) atoms. The lowest BCUT2D eigenvalue weighted by Crippen LogP contribution is -2.51. The van der Waals surface area contributed by atoms with Gasteiger partial charge in [-0.1, -0.05) is 12.1 Å². The second-order valence-electron chi connectivity index (χ2n) is 6.41. The third-order valence-electron chi connectivity index (χ3n) is 4.44. The largest absolute Gasteiger partial charge is 0.387 e. The SMILES string of the molecule is CN1CCOC(C(=O)N(CC(O)c2ccc(F)cc2)C2CC2)C1. The summed E-state index contributed by atoms with van der Waals surface area (Å²) in [4.78, 5) is 16.6. The molecule has 126 valence electrons. The minimum atomic E-state index is -0.818. The monoisotopic (exact) mass is 322 g/mol. The first-order valence-electron chi connectivity index (χ1n) is 8.09. The number of halogens is 1. The summed E-state index contributed by atoms with van der Waals surface area (Å²) in [6.07, 6.45) is 0.644. The summed E-state index contributed by atoms with van der Waals surface area (Å²) in [7, 11) is 1.97. The van der Waals surface area contributed by atoms with E-state index in [1.807, 2.05) is 7.05 Å². The third kappa shape index (κ3) is 4.07. The lowest BCUT2D eigenvalue weighted by Gasteiger charge is -2.34. The van der Waals surface area contributed by atoms with Gasteiger partial charge in [-0.05, 0) is 37.6 Å². The number of ether oxygens (including phenoxy) is 1. The Balaban J connectivity index is 1.66. The zero-order valence-electron chi connectivity index (χ0n) is 13.3. The van der Waals surface area contributed by atoms with Crippen LogP contribution in [0.1, 0.15) is 24.5 Å². The minimum absolute atomic E-state index is 0.0554. The Morgan fingerprint density at radius 3 is 2.74 bits per heavy atom. The van der Waals surface area contributed by atoms with Gasteiger partial charge in [-0.15, -0.1) is 0 Å². The highest BCUT2D eigenvalue weighted by Gasteiger charge is 2.38. The second-order valence-corrected chi connectivity index (χ2v) is 6.41. The molecule has 1 amide bonds. The average molecular weight is 322 g/mol. The fraction of sp³-hybridized carbons (Fsp3) is 0.588. The number of carbonyl (C=O) groups is 1. The number of likely N-dealkylation sites (N-methyl/N-ethyl adjacent to an activating group) is 1. The van der Waals surface area contributed by atoms with Gasteiger partial charge < -0.3 is 19.6 Å². The van der Waals surface area contributed by atoms with E-state index in [0.717, 1.165) is 19.4 Å². The average Bonchev–Trinajstić information content (AvgIpc) is 3.37. The van der Waals surface area contributed by atoms with Gasteiger partial charge in [0.25, 0.3) is 5.91 Å². The van der Waals surface area contributed by atoms with E-state index in [4.69, 9.17) is 4.74 Å². The predicted molar refractivity (Wildman–Crippen MR) is 83.3 cm³/mol. The summed E-state index contributed by atoms with van der Waals surface area (Å²) in [5.74, 6) is -0.394. The standard InChI is InChI=1S/C17H23FN2O3/c1-19-8-9-23-16(11-19)17(22)20(14-6-7-14)10-15(21)12-2-4-13(18)5-3-12/h2-5,14-16,21H,6-11H2,1H3. The van der Waals surface area contributed by atoms with Crippen molar-refractivity contribution in [3.05, 3.63) is 35.6 Å². The smallest absolute Gasteiger partial charge is 0.253 e. The first kappa shape index (κ1) is 16.4. The van der Waals surface area contributed by atoms with Crippen molar-refractivity contribution in [3.8, 4) is 0 Å². The summed E-state index contributed by atoms with van der Waals surface area (Å²) in [6.45, 7) is 2.17. The number of benzene rings is 1. The van der Waals surface area contributed by atoms with E-state index in [1.165, 1.54) is 12.1 Å². The molecule has 0 aromatic heterocycles. The summed E-state index contributed by atoms with van der Waals surface area (Å²) < 4.78 is 18.6. The van der Waals surface area contributed by atoms with Gasteiger partial charge in [0.1, 0.15) is 11.9 Å². The zero-order chi connectivity index (χ0) is 16.4. The molecule has 1 saturated heterocycles. The highest BCUT2D eigenvalue weighted by atomic mass is 19.1. The fourth-order valence-corrected chi connectivity index (χ4v) is 2.89. The number of carbonyl (C=O) groups excluding carboxylic acids is 1. The van der Waals surface area contributed by atoms with Crippen LogP contribution >= 0.6 is 0 Å². The van der Waals surface area contributed by atoms with Crippen molar-refractivity contribution in [1.29, 1.82) is 0 Å². The molecule has 1 N–H and O–H groups in total. The Hall–Kier alpha value is -1.50. The molecule has 5 nitrogen and oxygen atoms in total. The second kappa shape index (κ2) is 6.95. The van der Waals surface area contributed by atoms with Crippen LogP contribution in [0.25, 0.3) is 0 Å². The van der Waals surface area contributed by atoms with E-state index < -0.39 is 12.2 Å². The molecule has 0 spiro atoms. The Bertz CT molecular complexity index is 547. The molecule has 1 aliphatic heterocycles. The molecule has 1 aromatic carbocycles. The first-order valence-corrected chi connectivity index (χ1v) is 8.09. The van der Waals surface area contributed by atoms with E-state index in [9.17, 15) is 14.3 Å². The quantitative estimate of drug-likeness (QED) is 0.884. The van der Waals surface area contributed by atoms with Gasteiger partial charge in [-0.25, -0.2) is 4.39 Å². The minimum Gasteiger partial charge on any atom is -0.387 e.